The van der Waals surface area contributed by atoms with Gasteiger partial charge in [0.15, 0.2) is 0 Å². The standard InChI is InChI=1S/C20H25N3O/c1-15-5-6-16(2)19(13-15)22-20(24)14-21-17-7-9-18(10-8-17)23-11-3-4-12-23/h5-10,13,21H,3-4,11-12,14H2,1-2H3,(H,22,24). The first kappa shape index (κ1) is 16.4. The second-order valence-electron chi connectivity index (χ2n) is 6.46. The van der Waals surface area contributed by atoms with Crippen LogP contribution >= 0.6 is 0 Å². The molecule has 1 aliphatic rings. The summed E-state index contributed by atoms with van der Waals surface area (Å²) in [5.41, 5.74) is 5.32. The number of anilines is 3. The zero-order valence-electron chi connectivity index (χ0n) is 14.4. The van der Waals surface area contributed by atoms with Gasteiger partial charge in [0.1, 0.15) is 0 Å². The lowest BCUT2D eigenvalue weighted by molar-refractivity contribution is -0.114. The van der Waals surface area contributed by atoms with Crippen molar-refractivity contribution < 1.29 is 4.79 Å². The molecule has 0 bridgehead atoms. The monoisotopic (exact) mass is 323 g/mol. The van der Waals surface area contributed by atoms with Crippen molar-refractivity contribution in [3.8, 4) is 0 Å². The average molecular weight is 323 g/mol. The van der Waals surface area contributed by atoms with E-state index in [1.165, 1.54) is 18.5 Å². The molecule has 24 heavy (non-hydrogen) atoms. The van der Waals surface area contributed by atoms with Gasteiger partial charge in [-0.15, -0.1) is 0 Å². The van der Waals surface area contributed by atoms with Crippen molar-refractivity contribution in [2.75, 3.05) is 35.2 Å². The molecular formula is C20H25N3O. The zero-order chi connectivity index (χ0) is 16.9. The molecule has 2 N–H and O–H groups in total. The van der Waals surface area contributed by atoms with Crippen molar-refractivity contribution in [3.05, 3.63) is 53.6 Å². The SMILES string of the molecule is Cc1ccc(C)c(NC(=O)CNc2ccc(N3CCCC3)cc2)c1. The summed E-state index contributed by atoms with van der Waals surface area (Å²) in [5, 5.41) is 6.15. The highest BCUT2D eigenvalue weighted by molar-refractivity contribution is 5.94. The smallest absolute Gasteiger partial charge is 0.243 e. The van der Waals surface area contributed by atoms with Crippen LogP contribution in [-0.4, -0.2) is 25.5 Å². The van der Waals surface area contributed by atoms with Gasteiger partial charge in [-0.1, -0.05) is 12.1 Å². The molecule has 0 saturated carbocycles. The Kier molecular flexibility index (Phi) is 5.04. The number of aryl methyl sites for hydroxylation is 2. The van der Waals surface area contributed by atoms with Crippen LogP contribution in [0.4, 0.5) is 17.1 Å². The number of benzene rings is 2. The summed E-state index contributed by atoms with van der Waals surface area (Å²) in [4.78, 5) is 14.5. The fourth-order valence-corrected chi connectivity index (χ4v) is 3.01. The molecule has 0 radical (unpaired) electrons. The summed E-state index contributed by atoms with van der Waals surface area (Å²) in [6, 6.07) is 14.4. The number of carbonyl (C=O) groups is 1. The van der Waals surface area contributed by atoms with Gasteiger partial charge in [0, 0.05) is 30.2 Å². The number of nitrogens with one attached hydrogen (secondary N) is 2. The van der Waals surface area contributed by atoms with Crippen LogP contribution in [0.15, 0.2) is 42.5 Å². The predicted octanol–water partition coefficient (Wildman–Crippen LogP) is 3.95. The minimum absolute atomic E-state index is 0.0349. The molecule has 1 aliphatic heterocycles. The summed E-state index contributed by atoms with van der Waals surface area (Å²) < 4.78 is 0. The molecule has 1 heterocycles. The molecular weight excluding hydrogens is 298 g/mol. The lowest BCUT2D eigenvalue weighted by Crippen LogP contribution is -2.22. The zero-order valence-corrected chi connectivity index (χ0v) is 14.4. The maximum Gasteiger partial charge on any atom is 0.243 e. The molecule has 0 aliphatic carbocycles. The molecule has 126 valence electrons. The van der Waals surface area contributed by atoms with Crippen LogP contribution in [0.2, 0.25) is 0 Å². The van der Waals surface area contributed by atoms with E-state index in [-0.39, 0.29) is 12.5 Å². The van der Waals surface area contributed by atoms with Crippen molar-refractivity contribution >= 4 is 23.0 Å². The van der Waals surface area contributed by atoms with Gasteiger partial charge in [0.05, 0.1) is 6.54 Å². The molecule has 3 rings (SSSR count). The molecule has 0 atom stereocenters. The first-order valence-corrected chi connectivity index (χ1v) is 8.58. The Balaban J connectivity index is 1.53. The van der Waals surface area contributed by atoms with Crippen molar-refractivity contribution in [2.45, 2.75) is 26.7 Å². The Morgan fingerprint density at radius 1 is 1.04 bits per heavy atom. The lowest BCUT2D eigenvalue weighted by atomic mass is 10.1. The number of hydrogen-bond acceptors (Lipinski definition) is 3. The van der Waals surface area contributed by atoms with Gasteiger partial charge in [-0.2, -0.15) is 0 Å². The highest BCUT2D eigenvalue weighted by Gasteiger charge is 2.12. The van der Waals surface area contributed by atoms with Gasteiger partial charge in [0.2, 0.25) is 5.91 Å². The quantitative estimate of drug-likeness (QED) is 0.875. The van der Waals surface area contributed by atoms with Crippen molar-refractivity contribution in [1.82, 2.24) is 0 Å². The maximum absolute atomic E-state index is 12.1. The molecule has 0 unspecified atom stereocenters. The number of nitrogens with zero attached hydrogens (tertiary/aromatic N) is 1. The van der Waals surface area contributed by atoms with Gasteiger partial charge in [-0.25, -0.2) is 0 Å². The minimum Gasteiger partial charge on any atom is -0.376 e. The van der Waals surface area contributed by atoms with Crippen LogP contribution in [0.25, 0.3) is 0 Å². The molecule has 2 aromatic rings. The van der Waals surface area contributed by atoms with Crippen LogP contribution in [0.1, 0.15) is 24.0 Å². The highest BCUT2D eigenvalue weighted by Crippen LogP contribution is 2.22. The normalized spacial score (nSPS) is 13.8. The summed E-state index contributed by atoms with van der Waals surface area (Å²) in [5.74, 6) is -0.0349. The number of carbonyl (C=O) groups excluding carboxylic acids is 1. The maximum atomic E-state index is 12.1. The van der Waals surface area contributed by atoms with Gasteiger partial charge >= 0.3 is 0 Å². The van der Waals surface area contributed by atoms with E-state index < -0.39 is 0 Å². The third kappa shape index (κ3) is 4.07. The predicted molar refractivity (Wildman–Crippen MR) is 101 cm³/mol. The topological polar surface area (TPSA) is 44.4 Å². The molecule has 2 aromatic carbocycles. The van der Waals surface area contributed by atoms with E-state index in [1.807, 2.05) is 44.2 Å². The van der Waals surface area contributed by atoms with Crippen LogP contribution in [0.5, 0.6) is 0 Å². The van der Waals surface area contributed by atoms with E-state index in [2.05, 4.69) is 27.7 Å². The second-order valence-corrected chi connectivity index (χ2v) is 6.46. The Bertz CT molecular complexity index is 703. The van der Waals surface area contributed by atoms with Gasteiger partial charge in [-0.3, -0.25) is 4.79 Å². The molecule has 1 amide bonds. The molecule has 1 fully saturated rings. The van der Waals surface area contributed by atoms with E-state index in [0.717, 1.165) is 35.6 Å². The number of hydrogen-bond donors (Lipinski definition) is 2. The van der Waals surface area contributed by atoms with Gasteiger partial charge < -0.3 is 15.5 Å². The lowest BCUT2D eigenvalue weighted by Gasteiger charge is -2.18. The summed E-state index contributed by atoms with van der Waals surface area (Å²) >= 11 is 0. The Morgan fingerprint density at radius 2 is 1.75 bits per heavy atom. The fourth-order valence-electron chi connectivity index (χ4n) is 3.01. The Labute approximate surface area is 143 Å². The van der Waals surface area contributed by atoms with E-state index in [0.29, 0.717) is 0 Å². The van der Waals surface area contributed by atoms with Gasteiger partial charge in [-0.05, 0) is 68.1 Å². The van der Waals surface area contributed by atoms with Crippen LogP contribution in [0, 0.1) is 13.8 Å². The summed E-state index contributed by atoms with van der Waals surface area (Å²) in [6.07, 6.45) is 2.55. The van der Waals surface area contributed by atoms with Crippen LogP contribution < -0.4 is 15.5 Å². The Morgan fingerprint density at radius 3 is 2.46 bits per heavy atom. The largest absolute Gasteiger partial charge is 0.376 e. The second kappa shape index (κ2) is 7.39. The van der Waals surface area contributed by atoms with Crippen molar-refractivity contribution in [2.24, 2.45) is 0 Å². The summed E-state index contributed by atoms with van der Waals surface area (Å²) in [6.45, 7) is 6.57. The third-order valence-corrected chi connectivity index (χ3v) is 4.46. The van der Waals surface area contributed by atoms with Crippen LogP contribution in [-0.2, 0) is 4.79 Å². The number of rotatable bonds is 5. The molecule has 1 saturated heterocycles. The first-order chi connectivity index (χ1) is 11.6. The van der Waals surface area contributed by atoms with Gasteiger partial charge in [0.25, 0.3) is 0 Å². The summed E-state index contributed by atoms with van der Waals surface area (Å²) in [7, 11) is 0. The minimum atomic E-state index is -0.0349. The van der Waals surface area contributed by atoms with Crippen molar-refractivity contribution in [1.29, 1.82) is 0 Å². The van der Waals surface area contributed by atoms with E-state index in [1.54, 1.807) is 0 Å². The fraction of sp³-hybridized carbons (Fsp3) is 0.350. The van der Waals surface area contributed by atoms with E-state index in [4.69, 9.17) is 0 Å². The van der Waals surface area contributed by atoms with Crippen molar-refractivity contribution in [3.63, 3.8) is 0 Å². The molecule has 4 nitrogen and oxygen atoms in total. The molecule has 0 spiro atoms. The number of amides is 1. The van der Waals surface area contributed by atoms with E-state index >= 15 is 0 Å². The first-order valence-electron chi connectivity index (χ1n) is 8.58. The molecule has 0 aromatic heterocycles. The van der Waals surface area contributed by atoms with Crippen LogP contribution in [0.3, 0.4) is 0 Å². The Hall–Kier alpha value is -2.49. The highest BCUT2D eigenvalue weighted by atomic mass is 16.1. The van der Waals surface area contributed by atoms with E-state index in [9.17, 15) is 4.79 Å². The molecule has 4 heteroatoms. The average Bonchev–Trinajstić information content (AvgIpc) is 3.11. The third-order valence-electron chi connectivity index (χ3n) is 4.46.